The Labute approximate surface area is 186 Å². The Balaban J connectivity index is 1.92. The number of nitrogens with zero attached hydrogens (tertiary/aromatic N) is 2. The van der Waals surface area contributed by atoms with Gasteiger partial charge in [-0.2, -0.15) is 8.78 Å². The molecular weight excluding hydrogens is 442 g/mol. The number of para-hydroxylation sites is 1. The van der Waals surface area contributed by atoms with Gasteiger partial charge in [-0.05, 0) is 50.2 Å². The second kappa shape index (κ2) is 10.2. The lowest BCUT2D eigenvalue weighted by atomic mass is 10.2. The number of carbonyl (C=O) groups is 2. The third-order valence-electron chi connectivity index (χ3n) is 4.07. The summed E-state index contributed by atoms with van der Waals surface area (Å²) in [5.74, 6) is -0.804. The monoisotopic (exact) mass is 462 g/mol. The number of alkyl halides is 2. The number of hydrogen-bond acceptors (Lipinski definition) is 6. The molecule has 168 valence electrons. The fraction of sp³-hybridized carbons (Fsp3) is 0.238. The lowest BCUT2D eigenvalue weighted by molar-refractivity contribution is -0.117. The van der Waals surface area contributed by atoms with Gasteiger partial charge < -0.3 is 10.1 Å². The van der Waals surface area contributed by atoms with E-state index in [1.807, 2.05) is 0 Å². The Morgan fingerprint density at radius 1 is 1.12 bits per heavy atom. The largest absolute Gasteiger partial charge is 0.435 e. The third-order valence-corrected chi connectivity index (χ3v) is 5.01. The summed E-state index contributed by atoms with van der Waals surface area (Å²) in [4.78, 5) is 41.5. The second-order valence-corrected chi connectivity index (χ2v) is 7.83. The number of urea groups is 1. The van der Waals surface area contributed by atoms with Gasteiger partial charge in [0.15, 0.2) is 5.16 Å². The summed E-state index contributed by atoms with van der Waals surface area (Å²) in [5, 5.41) is 5.31. The molecular formula is C21H20F2N4O4S. The standard InChI is InChI=1S/C21H20F2N4O4S/c1-12(2)24-20(30)26-17(28)11-32-21-25-16-6-4-3-5-15(16)18(29)27(21)13-7-9-14(10-8-13)31-19(22)23/h3-10,12,19H,11H2,1-2H3,(H2,24,26,28,30). The SMILES string of the molecule is CC(C)NC(=O)NC(=O)CSc1nc2ccccc2c(=O)n1-c1ccc(OC(F)F)cc1. The molecule has 0 aliphatic rings. The van der Waals surface area contributed by atoms with Crippen LogP contribution < -0.4 is 20.9 Å². The van der Waals surface area contributed by atoms with Crippen LogP contribution in [0.5, 0.6) is 5.75 Å². The lowest BCUT2D eigenvalue weighted by Crippen LogP contribution is -2.43. The molecule has 32 heavy (non-hydrogen) atoms. The summed E-state index contributed by atoms with van der Waals surface area (Å²) in [6.45, 7) is 0.547. The molecule has 2 N–H and O–H groups in total. The van der Waals surface area contributed by atoms with E-state index >= 15 is 0 Å². The van der Waals surface area contributed by atoms with Gasteiger partial charge in [-0.1, -0.05) is 23.9 Å². The van der Waals surface area contributed by atoms with Crippen molar-refractivity contribution in [3.8, 4) is 11.4 Å². The molecule has 0 unspecified atom stereocenters. The first kappa shape index (κ1) is 23.2. The van der Waals surface area contributed by atoms with Crippen molar-refractivity contribution < 1.29 is 23.1 Å². The van der Waals surface area contributed by atoms with Crippen molar-refractivity contribution >= 4 is 34.6 Å². The first-order chi connectivity index (χ1) is 15.2. The van der Waals surface area contributed by atoms with Crippen LogP contribution in [0.2, 0.25) is 0 Å². The summed E-state index contributed by atoms with van der Waals surface area (Å²) in [5.41, 5.74) is 0.403. The van der Waals surface area contributed by atoms with Crippen LogP contribution >= 0.6 is 11.8 Å². The maximum atomic E-state index is 13.1. The number of benzene rings is 2. The van der Waals surface area contributed by atoms with Crippen LogP contribution in [0.4, 0.5) is 13.6 Å². The molecule has 0 bridgehead atoms. The highest BCUT2D eigenvalue weighted by molar-refractivity contribution is 7.99. The van der Waals surface area contributed by atoms with Gasteiger partial charge in [0.05, 0.1) is 22.3 Å². The normalized spacial score (nSPS) is 11.1. The number of imide groups is 1. The van der Waals surface area contributed by atoms with Gasteiger partial charge in [0.25, 0.3) is 5.56 Å². The molecule has 0 saturated heterocycles. The van der Waals surface area contributed by atoms with E-state index in [4.69, 9.17) is 0 Å². The predicted molar refractivity (Wildman–Crippen MR) is 117 cm³/mol. The van der Waals surface area contributed by atoms with Crippen molar-refractivity contribution in [2.75, 3.05) is 5.75 Å². The number of nitrogens with one attached hydrogen (secondary N) is 2. The molecule has 3 amide bonds. The molecule has 0 spiro atoms. The number of halogens is 2. The van der Waals surface area contributed by atoms with Gasteiger partial charge in [-0.15, -0.1) is 0 Å². The number of ether oxygens (including phenoxy) is 1. The summed E-state index contributed by atoms with van der Waals surface area (Å²) in [6, 6.07) is 11.4. The Kier molecular flexibility index (Phi) is 7.41. The van der Waals surface area contributed by atoms with Crippen LogP contribution in [-0.4, -0.2) is 39.9 Å². The number of carbonyl (C=O) groups excluding carboxylic acids is 2. The summed E-state index contributed by atoms with van der Waals surface area (Å²) < 4.78 is 30.5. The first-order valence-corrected chi connectivity index (χ1v) is 10.5. The molecule has 0 aliphatic heterocycles. The zero-order valence-electron chi connectivity index (χ0n) is 17.2. The number of hydrogen-bond donors (Lipinski definition) is 2. The molecule has 2 aromatic carbocycles. The fourth-order valence-corrected chi connectivity index (χ4v) is 3.62. The Morgan fingerprint density at radius 3 is 2.47 bits per heavy atom. The van der Waals surface area contributed by atoms with Crippen LogP contribution in [0.1, 0.15) is 13.8 Å². The minimum Gasteiger partial charge on any atom is -0.435 e. The summed E-state index contributed by atoms with van der Waals surface area (Å²) in [7, 11) is 0. The minimum absolute atomic E-state index is 0.0599. The van der Waals surface area contributed by atoms with Gasteiger partial charge >= 0.3 is 12.6 Å². The zero-order valence-corrected chi connectivity index (χ0v) is 18.0. The molecule has 0 aliphatic carbocycles. The topological polar surface area (TPSA) is 102 Å². The van der Waals surface area contributed by atoms with Gasteiger partial charge in [0, 0.05) is 6.04 Å². The van der Waals surface area contributed by atoms with Crippen LogP contribution in [0.15, 0.2) is 58.5 Å². The molecule has 0 saturated carbocycles. The zero-order chi connectivity index (χ0) is 23.3. The van der Waals surface area contributed by atoms with Crippen molar-refractivity contribution in [3.05, 3.63) is 58.9 Å². The summed E-state index contributed by atoms with van der Waals surface area (Å²) in [6.07, 6.45) is 0. The van der Waals surface area contributed by atoms with E-state index in [-0.39, 0.29) is 22.7 Å². The number of amides is 3. The van der Waals surface area contributed by atoms with Crippen LogP contribution in [0.3, 0.4) is 0 Å². The predicted octanol–water partition coefficient (Wildman–Crippen LogP) is 3.31. The lowest BCUT2D eigenvalue weighted by Gasteiger charge is -2.14. The maximum absolute atomic E-state index is 13.1. The van der Waals surface area contributed by atoms with E-state index < -0.39 is 24.1 Å². The molecule has 0 radical (unpaired) electrons. The Hall–Kier alpha value is -3.47. The van der Waals surface area contributed by atoms with Gasteiger partial charge in [0.2, 0.25) is 5.91 Å². The third kappa shape index (κ3) is 5.82. The van der Waals surface area contributed by atoms with Gasteiger partial charge in [0.1, 0.15) is 5.75 Å². The van der Waals surface area contributed by atoms with Gasteiger partial charge in [-0.25, -0.2) is 9.78 Å². The van der Waals surface area contributed by atoms with Crippen molar-refractivity contribution in [1.29, 1.82) is 0 Å². The van der Waals surface area contributed by atoms with E-state index in [2.05, 4.69) is 20.4 Å². The molecule has 0 atom stereocenters. The highest BCUT2D eigenvalue weighted by Crippen LogP contribution is 2.23. The van der Waals surface area contributed by atoms with Crippen molar-refractivity contribution in [2.24, 2.45) is 0 Å². The average Bonchev–Trinajstić information content (AvgIpc) is 2.72. The smallest absolute Gasteiger partial charge is 0.387 e. The van der Waals surface area contributed by atoms with Crippen LogP contribution in [-0.2, 0) is 4.79 Å². The highest BCUT2D eigenvalue weighted by Gasteiger charge is 2.16. The average molecular weight is 462 g/mol. The molecule has 11 heteroatoms. The Bertz CT molecular complexity index is 1180. The number of fused-ring (bicyclic) bond motifs is 1. The minimum atomic E-state index is -2.97. The number of rotatable bonds is 7. The van der Waals surface area contributed by atoms with Gasteiger partial charge in [-0.3, -0.25) is 19.5 Å². The first-order valence-electron chi connectivity index (χ1n) is 9.55. The molecule has 3 aromatic rings. The quantitative estimate of drug-likeness (QED) is 0.413. The van der Waals surface area contributed by atoms with E-state index in [1.165, 1.54) is 28.8 Å². The maximum Gasteiger partial charge on any atom is 0.387 e. The molecule has 8 nitrogen and oxygen atoms in total. The van der Waals surface area contributed by atoms with E-state index in [9.17, 15) is 23.2 Å². The van der Waals surface area contributed by atoms with E-state index in [0.29, 0.717) is 16.6 Å². The van der Waals surface area contributed by atoms with E-state index in [0.717, 1.165) is 11.8 Å². The Morgan fingerprint density at radius 2 is 1.81 bits per heavy atom. The van der Waals surface area contributed by atoms with E-state index in [1.54, 1.807) is 38.1 Å². The number of thioether (sulfide) groups is 1. The van der Waals surface area contributed by atoms with Crippen molar-refractivity contribution in [1.82, 2.24) is 20.2 Å². The van der Waals surface area contributed by atoms with Crippen LogP contribution in [0, 0.1) is 0 Å². The fourth-order valence-electron chi connectivity index (χ4n) is 2.80. The van der Waals surface area contributed by atoms with Crippen molar-refractivity contribution in [2.45, 2.75) is 31.7 Å². The highest BCUT2D eigenvalue weighted by atomic mass is 32.2. The molecule has 0 fully saturated rings. The summed E-state index contributed by atoms with van der Waals surface area (Å²) >= 11 is 0.963. The molecule has 1 aromatic heterocycles. The number of aromatic nitrogens is 2. The molecule has 3 rings (SSSR count). The second-order valence-electron chi connectivity index (χ2n) is 6.89. The van der Waals surface area contributed by atoms with Crippen molar-refractivity contribution in [3.63, 3.8) is 0 Å². The molecule has 1 heterocycles. The van der Waals surface area contributed by atoms with Crippen LogP contribution in [0.25, 0.3) is 16.6 Å².